The molecule has 1 aliphatic heterocycles. The SMILES string of the molecule is N=C(N)c1ccc2c(CC(N)=O)c(OC(=O)c3ccc(NC4=NCCN4)cc3)ccc2c1. The number of hydrogen-bond donors (Lipinski definition) is 5. The molecule has 9 heteroatoms. The summed E-state index contributed by atoms with van der Waals surface area (Å²) in [5.74, 6) is -0.223. The third-order valence-electron chi connectivity index (χ3n) is 5.01. The summed E-state index contributed by atoms with van der Waals surface area (Å²) in [5, 5.41) is 15.3. The molecule has 0 unspecified atom stereocenters. The second-order valence-corrected chi connectivity index (χ2v) is 7.28. The highest BCUT2D eigenvalue weighted by molar-refractivity contribution is 6.01. The molecule has 1 amide bonds. The number of guanidine groups is 1. The van der Waals surface area contributed by atoms with E-state index in [1.807, 2.05) is 0 Å². The van der Waals surface area contributed by atoms with Crippen LogP contribution in [0.2, 0.25) is 0 Å². The van der Waals surface area contributed by atoms with Crippen LogP contribution in [0.5, 0.6) is 5.75 Å². The van der Waals surface area contributed by atoms with Gasteiger partial charge in [0.2, 0.25) is 5.91 Å². The number of carbonyl (C=O) groups excluding carboxylic acids is 2. The summed E-state index contributed by atoms with van der Waals surface area (Å²) in [6.07, 6.45) is -0.0999. The zero-order chi connectivity index (χ0) is 22.7. The Morgan fingerprint density at radius 2 is 1.81 bits per heavy atom. The summed E-state index contributed by atoms with van der Waals surface area (Å²) in [6.45, 7) is 1.52. The van der Waals surface area contributed by atoms with Gasteiger partial charge in [0.1, 0.15) is 11.6 Å². The van der Waals surface area contributed by atoms with E-state index in [1.165, 1.54) is 0 Å². The topological polar surface area (TPSA) is 156 Å². The number of nitrogen functional groups attached to an aromatic ring is 1. The first-order chi connectivity index (χ1) is 15.4. The highest BCUT2D eigenvalue weighted by Crippen LogP contribution is 2.30. The molecule has 32 heavy (non-hydrogen) atoms. The van der Waals surface area contributed by atoms with Crippen LogP contribution in [0.4, 0.5) is 5.69 Å². The van der Waals surface area contributed by atoms with Crippen LogP contribution in [-0.4, -0.2) is 36.8 Å². The summed E-state index contributed by atoms with van der Waals surface area (Å²) < 4.78 is 5.62. The van der Waals surface area contributed by atoms with Gasteiger partial charge < -0.3 is 26.8 Å². The van der Waals surface area contributed by atoms with Crippen molar-refractivity contribution in [3.63, 3.8) is 0 Å². The molecule has 0 fully saturated rings. The molecule has 0 bridgehead atoms. The van der Waals surface area contributed by atoms with E-state index in [0.29, 0.717) is 28.0 Å². The highest BCUT2D eigenvalue weighted by Gasteiger charge is 2.17. The maximum atomic E-state index is 12.7. The average Bonchev–Trinajstić information content (AvgIpc) is 3.28. The first-order valence-corrected chi connectivity index (χ1v) is 9.96. The average molecular weight is 430 g/mol. The molecule has 3 aromatic rings. The monoisotopic (exact) mass is 430 g/mol. The predicted molar refractivity (Wildman–Crippen MR) is 123 cm³/mol. The van der Waals surface area contributed by atoms with Gasteiger partial charge in [0.05, 0.1) is 18.5 Å². The number of amides is 1. The van der Waals surface area contributed by atoms with Crippen molar-refractivity contribution in [3.8, 4) is 5.75 Å². The van der Waals surface area contributed by atoms with E-state index in [9.17, 15) is 9.59 Å². The molecule has 0 radical (unpaired) electrons. The van der Waals surface area contributed by atoms with E-state index in [1.54, 1.807) is 54.6 Å². The quantitative estimate of drug-likeness (QED) is 0.174. The number of aliphatic imine (C=N–C) groups is 1. The number of nitrogens with zero attached hydrogens (tertiary/aromatic N) is 1. The van der Waals surface area contributed by atoms with Gasteiger partial charge in [-0.15, -0.1) is 0 Å². The van der Waals surface area contributed by atoms with Gasteiger partial charge in [-0.2, -0.15) is 0 Å². The fourth-order valence-electron chi connectivity index (χ4n) is 3.46. The number of nitrogens with two attached hydrogens (primary N) is 2. The molecule has 0 atom stereocenters. The van der Waals surface area contributed by atoms with E-state index < -0.39 is 11.9 Å². The molecule has 0 aliphatic carbocycles. The summed E-state index contributed by atoms with van der Waals surface area (Å²) in [7, 11) is 0. The smallest absolute Gasteiger partial charge is 0.343 e. The molecule has 1 aliphatic rings. The lowest BCUT2D eigenvalue weighted by atomic mass is 9.98. The van der Waals surface area contributed by atoms with Gasteiger partial charge in [-0.1, -0.05) is 18.2 Å². The Kier molecular flexibility index (Phi) is 5.71. The van der Waals surface area contributed by atoms with Crippen molar-refractivity contribution in [1.29, 1.82) is 5.41 Å². The second kappa shape index (κ2) is 8.76. The van der Waals surface area contributed by atoms with Crippen molar-refractivity contribution in [1.82, 2.24) is 5.32 Å². The molecule has 0 spiro atoms. The van der Waals surface area contributed by atoms with Gasteiger partial charge in [0, 0.05) is 23.4 Å². The van der Waals surface area contributed by atoms with Crippen LogP contribution in [0, 0.1) is 5.41 Å². The minimum atomic E-state index is -0.557. The van der Waals surface area contributed by atoms with E-state index in [0.717, 1.165) is 24.2 Å². The molecular weight excluding hydrogens is 408 g/mol. The van der Waals surface area contributed by atoms with E-state index in [4.69, 9.17) is 21.6 Å². The van der Waals surface area contributed by atoms with Gasteiger partial charge in [-0.05, 0) is 47.2 Å². The lowest BCUT2D eigenvalue weighted by Gasteiger charge is -2.13. The molecule has 162 valence electrons. The Balaban J connectivity index is 1.59. The predicted octanol–water partition coefficient (Wildman–Crippen LogP) is 1.74. The van der Waals surface area contributed by atoms with Crippen molar-refractivity contribution in [2.24, 2.45) is 16.5 Å². The van der Waals surface area contributed by atoms with Crippen molar-refractivity contribution in [2.75, 3.05) is 18.4 Å². The van der Waals surface area contributed by atoms with Crippen molar-refractivity contribution < 1.29 is 14.3 Å². The summed E-state index contributed by atoms with van der Waals surface area (Å²) in [4.78, 5) is 28.7. The van der Waals surface area contributed by atoms with Crippen LogP contribution in [0.3, 0.4) is 0 Å². The van der Waals surface area contributed by atoms with Crippen LogP contribution in [0.25, 0.3) is 10.8 Å². The Morgan fingerprint density at radius 3 is 2.47 bits per heavy atom. The number of fused-ring (bicyclic) bond motifs is 1. The maximum absolute atomic E-state index is 12.7. The number of nitrogens with one attached hydrogen (secondary N) is 3. The Labute approximate surface area is 184 Å². The minimum Gasteiger partial charge on any atom is -0.423 e. The van der Waals surface area contributed by atoms with Gasteiger partial charge >= 0.3 is 5.97 Å². The lowest BCUT2D eigenvalue weighted by Crippen LogP contribution is -2.26. The number of primary amides is 1. The van der Waals surface area contributed by atoms with E-state index in [-0.39, 0.29) is 18.0 Å². The molecular formula is C23H22N6O3. The fraction of sp³-hybridized carbons (Fsp3) is 0.130. The van der Waals surface area contributed by atoms with Crippen LogP contribution >= 0.6 is 0 Å². The maximum Gasteiger partial charge on any atom is 0.343 e. The van der Waals surface area contributed by atoms with Crippen LogP contribution < -0.4 is 26.8 Å². The summed E-state index contributed by atoms with van der Waals surface area (Å²) >= 11 is 0. The Hall–Kier alpha value is -4.40. The number of esters is 1. The second-order valence-electron chi connectivity index (χ2n) is 7.28. The lowest BCUT2D eigenvalue weighted by molar-refractivity contribution is -0.117. The molecule has 3 aromatic carbocycles. The first kappa shape index (κ1) is 20.9. The number of hydrogen-bond acceptors (Lipinski definition) is 7. The van der Waals surface area contributed by atoms with Crippen molar-refractivity contribution in [2.45, 2.75) is 6.42 Å². The Morgan fingerprint density at radius 1 is 1.06 bits per heavy atom. The Bertz CT molecular complexity index is 1250. The number of amidine groups is 1. The number of anilines is 1. The summed E-state index contributed by atoms with van der Waals surface area (Å²) in [5.41, 5.74) is 13.2. The molecule has 4 rings (SSSR count). The van der Waals surface area contributed by atoms with E-state index in [2.05, 4.69) is 15.6 Å². The van der Waals surface area contributed by atoms with Crippen LogP contribution in [-0.2, 0) is 11.2 Å². The van der Waals surface area contributed by atoms with Crippen molar-refractivity contribution >= 4 is 40.1 Å². The zero-order valence-corrected chi connectivity index (χ0v) is 17.1. The first-order valence-electron chi connectivity index (χ1n) is 9.96. The van der Waals surface area contributed by atoms with Crippen molar-refractivity contribution in [3.05, 3.63) is 71.3 Å². The molecule has 0 aromatic heterocycles. The van der Waals surface area contributed by atoms with Gasteiger partial charge in [0.25, 0.3) is 0 Å². The number of rotatable bonds is 6. The third-order valence-corrected chi connectivity index (χ3v) is 5.01. The molecule has 0 saturated heterocycles. The number of carbonyl (C=O) groups is 2. The van der Waals surface area contributed by atoms with E-state index >= 15 is 0 Å². The van der Waals surface area contributed by atoms with Crippen LogP contribution in [0.15, 0.2) is 59.6 Å². The van der Waals surface area contributed by atoms with Gasteiger partial charge in [-0.3, -0.25) is 15.2 Å². The molecule has 7 N–H and O–H groups in total. The van der Waals surface area contributed by atoms with Crippen LogP contribution in [0.1, 0.15) is 21.5 Å². The number of benzene rings is 3. The fourth-order valence-corrected chi connectivity index (χ4v) is 3.46. The normalized spacial score (nSPS) is 12.7. The van der Waals surface area contributed by atoms with Gasteiger partial charge in [0.15, 0.2) is 5.96 Å². The largest absolute Gasteiger partial charge is 0.423 e. The van der Waals surface area contributed by atoms with Gasteiger partial charge in [-0.25, -0.2) is 4.79 Å². The minimum absolute atomic E-state index is 0.0624. The zero-order valence-electron chi connectivity index (χ0n) is 17.1. The molecule has 1 heterocycles. The highest BCUT2D eigenvalue weighted by atomic mass is 16.5. The number of ether oxygens (including phenoxy) is 1. The summed E-state index contributed by atoms with van der Waals surface area (Å²) in [6, 6.07) is 15.3. The molecule has 0 saturated carbocycles. The standard InChI is InChI=1S/C23H22N6O3/c24-20(30)12-18-17-7-3-15(21(25)26)11-14(17)4-8-19(18)32-22(31)13-1-5-16(6-2-13)29-23-27-9-10-28-23/h1-8,11H,9-10,12H2,(H2,24,30)(H3,25,26)(H2,27,28,29). The molecule has 9 nitrogen and oxygen atoms in total. The third kappa shape index (κ3) is 4.51.